The summed E-state index contributed by atoms with van der Waals surface area (Å²) in [5.74, 6) is 1.45. The summed E-state index contributed by atoms with van der Waals surface area (Å²) in [6.45, 7) is 5.82. The average Bonchev–Trinajstić information content (AvgIpc) is 2.60. The lowest BCUT2D eigenvalue weighted by atomic mass is 9.96. The van der Waals surface area contributed by atoms with Crippen LogP contribution in [0.4, 0.5) is 4.79 Å². The largest absolute Gasteiger partial charge is 0.496 e. The summed E-state index contributed by atoms with van der Waals surface area (Å²) in [4.78, 5) is 14.5. The number of likely N-dealkylation sites (tertiary alicyclic amines) is 1. The number of aliphatic hydroxyl groups excluding tert-OH is 1. The molecule has 1 aliphatic rings. The molecule has 0 saturated carbocycles. The zero-order valence-corrected chi connectivity index (χ0v) is 15.0. The number of piperidine rings is 1. The summed E-state index contributed by atoms with van der Waals surface area (Å²) >= 11 is 0. The molecule has 2 rings (SSSR count). The van der Waals surface area contributed by atoms with Crippen LogP contribution in [0.3, 0.4) is 0 Å². The van der Waals surface area contributed by atoms with Crippen LogP contribution in [-0.2, 0) is 0 Å². The molecule has 5 heteroatoms. The average molecular weight is 334 g/mol. The Morgan fingerprint density at radius 3 is 2.83 bits per heavy atom. The molecule has 5 nitrogen and oxygen atoms in total. The number of amides is 2. The third kappa shape index (κ3) is 4.87. The van der Waals surface area contributed by atoms with Gasteiger partial charge in [0.15, 0.2) is 0 Å². The Hall–Kier alpha value is -1.75. The predicted octanol–water partition coefficient (Wildman–Crippen LogP) is 3.20. The normalized spacial score (nSPS) is 19.2. The second-order valence-electron chi connectivity index (χ2n) is 7.01. The van der Waals surface area contributed by atoms with Crippen molar-refractivity contribution in [2.24, 2.45) is 11.8 Å². The van der Waals surface area contributed by atoms with E-state index in [0.717, 1.165) is 37.1 Å². The third-order valence-corrected chi connectivity index (χ3v) is 4.58. The maximum atomic E-state index is 12.7. The minimum atomic E-state index is -0.0804. The van der Waals surface area contributed by atoms with Gasteiger partial charge in [-0.25, -0.2) is 4.79 Å². The molecule has 1 aromatic rings. The molecule has 1 aliphatic heterocycles. The Balaban J connectivity index is 2.12. The molecule has 1 fully saturated rings. The van der Waals surface area contributed by atoms with E-state index in [0.29, 0.717) is 12.5 Å². The number of para-hydroxylation sites is 1. The number of aliphatic hydroxyl groups is 1. The van der Waals surface area contributed by atoms with Crippen LogP contribution in [0.2, 0.25) is 0 Å². The Bertz CT molecular complexity index is 533. The van der Waals surface area contributed by atoms with Crippen molar-refractivity contribution in [2.45, 2.75) is 39.2 Å². The lowest BCUT2D eigenvalue weighted by Gasteiger charge is -2.33. The Labute approximate surface area is 145 Å². The fraction of sp³-hybridized carbons (Fsp3) is 0.632. The molecular weight excluding hydrogens is 304 g/mol. The van der Waals surface area contributed by atoms with E-state index in [-0.39, 0.29) is 24.6 Å². The maximum absolute atomic E-state index is 12.7. The summed E-state index contributed by atoms with van der Waals surface area (Å²) < 4.78 is 5.47. The number of benzene rings is 1. The first-order chi connectivity index (χ1) is 11.5. The lowest BCUT2D eigenvalue weighted by molar-refractivity contribution is 0.127. The number of carbonyl (C=O) groups excluding carboxylic acids is 1. The second kappa shape index (κ2) is 8.92. The molecule has 1 aromatic carbocycles. The van der Waals surface area contributed by atoms with Gasteiger partial charge in [0.1, 0.15) is 5.75 Å². The van der Waals surface area contributed by atoms with Crippen molar-refractivity contribution in [3.8, 4) is 5.75 Å². The number of carbonyl (C=O) groups is 1. The van der Waals surface area contributed by atoms with Crippen LogP contribution in [0.5, 0.6) is 5.75 Å². The van der Waals surface area contributed by atoms with Crippen molar-refractivity contribution in [2.75, 3.05) is 26.8 Å². The van der Waals surface area contributed by atoms with E-state index in [2.05, 4.69) is 19.2 Å². The number of rotatable bonds is 6. The smallest absolute Gasteiger partial charge is 0.317 e. The lowest BCUT2D eigenvalue weighted by Crippen LogP contribution is -2.47. The summed E-state index contributed by atoms with van der Waals surface area (Å²) in [5, 5.41) is 12.5. The van der Waals surface area contributed by atoms with E-state index in [9.17, 15) is 9.90 Å². The number of ether oxygens (including phenoxy) is 1. The van der Waals surface area contributed by atoms with E-state index in [1.54, 1.807) is 7.11 Å². The molecule has 2 amide bonds. The summed E-state index contributed by atoms with van der Waals surface area (Å²) in [6.07, 6.45) is 2.79. The first-order valence-corrected chi connectivity index (χ1v) is 8.84. The van der Waals surface area contributed by atoms with Gasteiger partial charge in [0.25, 0.3) is 0 Å². The fourth-order valence-corrected chi connectivity index (χ4v) is 3.33. The van der Waals surface area contributed by atoms with E-state index >= 15 is 0 Å². The topological polar surface area (TPSA) is 61.8 Å². The van der Waals surface area contributed by atoms with Crippen molar-refractivity contribution < 1.29 is 14.6 Å². The SMILES string of the molecule is COc1ccccc1C(CC(C)C)NC(=O)N1CCCC(CO)C1. The molecule has 0 bridgehead atoms. The Morgan fingerprint density at radius 1 is 1.42 bits per heavy atom. The van der Waals surface area contributed by atoms with E-state index in [1.807, 2.05) is 29.2 Å². The van der Waals surface area contributed by atoms with Crippen LogP contribution in [0.15, 0.2) is 24.3 Å². The molecule has 1 saturated heterocycles. The molecule has 2 unspecified atom stereocenters. The first-order valence-electron chi connectivity index (χ1n) is 8.84. The number of nitrogens with one attached hydrogen (secondary N) is 1. The van der Waals surface area contributed by atoms with Crippen LogP contribution in [0.25, 0.3) is 0 Å². The molecule has 0 radical (unpaired) electrons. The molecule has 24 heavy (non-hydrogen) atoms. The number of hydrogen-bond donors (Lipinski definition) is 2. The number of hydrogen-bond acceptors (Lipinski definition) is 3. The summed E-state index contributed by atoms with van der Waals surface area (Å²) in [7, 11) is 1.66. The monoisotopic (exact) mass is 334 g/mol. The van der Waals surface area contributed by atoms with Crippen molar-refractivity contribution in [3.05, 3.63) is 29.8 Å². The predicted molar refractivity (Wildman–Crippen MR) is 95.1 cm³/mol. The summed E-state index contributed by atoms with van der Waals surface area (Å²) in [5.41, 5.74) is 1.01. The van der Waals surface area contributed by atoms with Gasteiger partial charge in [-0.1, -0.05) is 32.0 Å². The fourth-order valence-electron chi connectivity index (χ4n) is 3.33. The van der Waals surface area contributed by atoms with Gasteiger partial charge in [0.05, 0.1) is 13.2 Å². The minimum absolute atomic E-state index is 0.0512. The van der Waals surface area contributed by atoms with Gasteiger partial charge in [0.2, 0.25) is 0 Å². The highest BCUT2D eigenvalue weighted by Gasteiger charge is 2.26. The second-order valence-corrected chi connectivity index (χ2v) is 7.01. The molecular formula is C19H30N2O3. The van der Waals surface area contributed by atoms with E-state index in [1.165, 1.54) is 0 Å². The zero-order chi connectivity index (χ0) is 17.5. The number of methoxy groups -OCH3 is 1. The molecule has 0 aromatic heterocycles. The van der Waals surface area contributed by atoms with E-state index in [4.69, 9.17) is 4.74 Å². The van der Waals surface area contributed by atoms with Crippen LogP contribution in [-0.4, -0.2) is 42.8 Å². The quantitative estimate of drug-likeness (QED) is 0.840. The highest BCUT2D eigenvalue weighted by molar-refractivity contribution is 5.75. The van der Waals surface area contributed by atoms with E-state index < -0.39 is 0 Å². The van der Waals surface area contributed by atoms with Gasteiger partial charge < -0.3 is 20.1 Å². The Kier molecular flexibility index (Phi) is 6.91. The standard InChI is InChI=1S/C19H30N2O3/c1-14(2)11-17(16-8-4-5-9-18(16)24-3)20-19(23)21-10-6-7-15(12-21)13-22/h4-5,8-9,14-15,17,22H,6-7,10-13H2,1-3H3,(H,20,23). The van der Waals surface area contributed by atoms with Crippen LogP contribution in [0, 0.1) is 11.8 Å². The van der Waals surface area contributed by atoms with Crippen molar-refractivity contribution in [3.63, 3.8) is 0 Å². The minimum Gasteiger partial charge on any atom is -0.496 e. The molecule has 134 valence electrons. The highest BCUT2D eigenvalue weighted by atomic mass is 16.5. The van der Waals surface area contributed by atoms with Gasteiger partial charge in [-0.15, -0.1) is 0 Å². The highest BCUT2D eigenvalue weighted by Crippen LogP contribution is 2.29. The zero-order valence-electron chi connectivity index (χ0n) is 15.0. The van der Waals surface area contributed by atoms with Gasteiger partial charge in [-0.05, 0) is 37.2 Å². The van der Waals surface area contributed by atoms with Crippen molar-refractivity contribution in [1.82, 2.24) is 10.2 Å². The maximum Gasteiger partial charge on any atom is 0.317 e. The molecule has 2 atom stereocenters. The molecule has 2 N–H and O–H groups in total. The summed E-state index contributed by atoms with van der Waals surface area (Å²) in [6, 6.07) is 7.72. The molecule has 1 heterocycles. The molecule has 0 spiro atoms. The van der Waals surface area contributed by atoms with Crippen molar-refractivity contribution in [1.29, 1.82) is 0 Å². The van der Waals surface area contributed by atoms with Crippen LogP contribution in [0.1, 0.15) is 44.7 Å². The molecule has 0 aliphatic carbocycles. The van der Waals surface area contributed by atoms with Crippen LogP contribution < -0.4 is 10.1 Å². The Morgan fingerprint density at radius 2 is 2.17 bits per heavy atom. The van der Waals surface area contributed by atoms with Gasteiger partial charge in [-0.3, -0.25) is 0 Å². The first kappa shape index (κ1) is 18.6. The van der Waals surface area contributed by atoms with Crippen molar-refractivity contribution >= 4 is 6.03 Å². The third-order valence-electron chi connectivity index (χ3n) is 4.58. The van der Waals surface area contributed by atoms with Gasteiger partial charge >= 0.3 is 6.03 Å². The number of urea groups is 1. The number of nitrogens with zero attached hydrogens (tertiary/aromatic N) is 1. The van der Waals surface area contributed by atoms with Gasteiger partial charge in [0, 0.05) is 25.3 Å². The van der Waals surface area contributed by atoms with Crippen LogP contribution >= 0.6 is 0 Å². The van der Waals surface area contributed by atoms with Gasteiger partial charge in [-0.2, -0.15) is 0 Å².